The van der Waals surface area contributed by atoms with E-state index in [1.807, 2.05) is 25.2 Å². The van der Waals surface area contributed by atoms with Crippen molar-refractivity contribution >= 4 is 12.1 Å². The molecule has 0 saturated heterocycles. The molecule has 0 aliphatic heterocycles. The molecular formula is C22H32N2O. The van der Waals surface area contributed by atoms with Crippen LogP contribution in [0.2, 0.25) is 0 Å². The fourth-order valence-electron chi connectivity index (χ4n) is 2.97. The van der Waals surface area contributed by atoms with Gasteiger partial charge in [-0.05, 0) is 62.7 Å². The zero-order valence-electron chi connectivity index (χ0n) is 16.5. The summed E-state index contributed by atoms with van der Waals surface area (Å²) in [4.78, 5) is 10.7. The number of allylic oxidation sites excluding steroid dienone is 10. The Morgan fingerprint density at radius 1 is 1.12 bits per heavy atom. The minimum atomic E-state index is -0.172. The molecule has 3 nitrogen and oxygen atoms in total. The quantitative estimate of drug-likeness (QED) is 0.379. The Kier molecular flexibility index (Phi) is 8.33. The average Bonchev–Trinajstić information content (AvgIpc) is 2.50. The second-order valence-electron chi connectivity index (χ2n) is 7.39. The van der Waals surface area contributed by atoms with Gasteiger partial charge in [-0.1, -0.05) is 55.4 Å². The molecule has 1 rings (SSSR count). The molecule has 0 aromatic rings. The molecule has 0 aromatic heterocycles. The fraction of sp³-hybridized carbons (Fsp3) is 0.455. The molecule has 0 fully saturated rings. The van der Waals surface area contributed by atoms with Crippen LogP contribution in [0.5, 0.6) is 0 Å². The number of hydrogen-bond acceptors (Lipinski definition) is 2. The monoisotopic (exact) mass is 340 g/mol. The molecule has 1 N–H and O–H groups in total. The highest BCUT2D eigenvalue weighted by Crippen LogP contribution is 2.40. The minimum Gasteiger partial charge on any atom is -0.274 e. The van der Waals surface area contributed by atoms with Gasteiger partial charge < -0.3 is 0 Å². The highest BCUT2D eigenvalue weighted by molar-refractivity contribution is 5.77. The smallest absolute Gasteiger partial charge is 0.236 e. The molecule has 0 bridgehead atoms. The number of hydrazone groups is 1. The van der Waals surface area contributed by atoms with Crippen LogP contribution in [0.4, 0.5) is 0 Å². The fourth-order valence-corrected chi connectivity index (χ4v) is 2.97. The van der Waals surface area contributed by atoms with Gasteiger partial charge in [-0.3, -0.25) is 4.79 Å². The Hall–Kier alpha value is -2.16. The molecule has 1 aliphatic carbocycles. The summed E-state index contributed by atoms with van der Waals surface area (Å²) in [6, 6.07) is 0. The van der Waals surface area contributed by atoms with Crippen LogP contribution < -0.4 is 5.43 Å². The van der Waals surface area contributed by atoms with Gasteiger partial charge in [0.25, 0.3) is 0 Å². The van der Waals surface area contributed by atoms with Crippen molar-refractivity contribution in [3.05, 3.63) is 58.7 Å². The van der Waals surface area contributed by atoms with Crippen LogP contribution in [0.25, 0.3) is 0 Å². The molecule has 0 aromatic carbocycles. The maximum Gasteiger partial charge on any atom is 0.236 e. The number of nitrogens with zero attached hydrogens (tertiary/aromatic N) is 1. The number of carbonyl (C=O) groups excluding carboxylic acids is 1. The Bertz CT molecular complexity index is 656. The SMILES string of the molecule is CC(=O)N/N=C/C=C(C)\C=C\C=C(C)/C=C\C1=C(C)CCCC1(C)C. The first kappa shape index (κ1) is 20.9. The standard InChI is InChI=1S/C22H32N2O/c1-17(9-7-10-18(2)14-16-23-24-20(4)25)12-13-21-19(3)11-8-15-22(21,5)6/h7,9-10,12-14,16H,8,11,15H2,1-6H3,(H,24,25)/b10-7+,13-12-,17-9-,18-14-,23-16+. The molecule has 1 amide bonds. The molecule has 3 heteroatoms. The van der Waals surface area contributed by atoms with E-state index in [4.69, 9.17) is 0 Å². The van der Waals surface area contributed by atoms with E-state index in [1.165, 1.54) is 42.9 Å². The third kappa shape index (κ3) is 7.97. The van der Waals surface area contributed by atoms with Gasteiger partial charge in [0.05, 0.1) is 0 Å². The van der Waals surface area contributed by atoms with E-state index in [-0.39, 0.29) is 11.3 Å². The first-order valence-electron chi connectivity index (χ1n) is 8.92. The third-order valence-corrected chi connectivity index (χ3v) is 4.41. The van der Waals surface area contributed by atoms with Gasteiger partial charge >= 0.3 is 0 Å². The van der Waals surface area contributed by atoms with Gasteiger partial charge in [0.2, 0.25) is 5.91 Å². The first-order valence-corrected chi connectivity index (χ1v) is 8.92. The van der Waals surface area contributed by atoms with Gasteiger partial charge in [-0.15, -0.1) is 0 Å². The number of rotatable bonds is 6. The summed E-state index contributed by atoms with van der Waals surface area (Å²) in [5.41, 5.74) is 7.94. The number of carbonyl (C=O) groups is 1. The molecule has 1 aliphatic rings. The van der Waals surface area contributed by atoms with Crippen LogP contribution in [0.1, 0.15) is 60.8 Å². The second kappa shape index (κ2) is 9.97. The molecule has 136 valence electrons. The molecule has 0 radical (unpaired) electrons. The molecule has 0 unspecified atom stereocenters. The topological polar surface area (TPSA) is 41.5 Å². The molecule has 0 saturated carbocycles. The van der Waals surface area contributed by atoms with Crippen molar-refractivity contribution in [1.29, 1.82) is 0 Å². The predicted molar refractivity (Wildman–Crippen MR) is 108 cm³/mol. The van der Waals surface area contributed by atoms with Crippen molar-refractivity contribution in [1.82, 2.24) is 5.43 Å². The van der Waals surface area contributed by atoms with Crippen LogP contribution in [0.15, 0.2) is 63.8 Å². The van der Waals surface area contributed by atoms with E-state index in [2.05, 4.69) is 56.5 Å². The van der Waals surface area contributed by atoms with Gasteiger partial charge in [0.1, 0.15) is 0 Å². The predicted octanol–water partition coefficient (Wildman–Crippen LogP) is 5.64. The first-order chi connectivity index (χ1) is 11.7. The molecule has 0 spiro atoms. The van der Waals surface area contributed by atoms with Crippen LogP contribution >= 0.6 is 0 Å². The average molecular weight is 341 g/mol. The van der Waals surface area contributed by atoms with Crippen LogP contribution in [0.3, 0.4) is 0 Å². The normalized spacial score (nSPS) is 19.4. The lowest BCUT2D eigenvalue weighted by Gasteiger charge is -2.32. The third-order valence-electron chi connectivity index (χ3n) is 4.41. The van der Waals surface area contributed by atoms with Crippen molar-refractivity contribution in [3.63, 3.8) is 0 Å². The molecular weight excluding hydrogens is 308 g/mol. The van der Waals surface area contributed by atoms with Gasteiger partial charge in [-0.2, -0.15) is 5.10 Å². The number of amides is 1. The summed E-state index contributed by atoms with van der Waals surface area (Å²) in [5.74, 6) is -0.172. The number of nitrogens with one attached hydrogen (secondary N) is 1. The largest absolute Gasteiger partial charge is 0.274 e. The zero-order chi connectivity index (χ0) is 18.9. The Morgan fingerprint density at radius 2 is 1.80 bits per heavy atom. The molecule has 0 atom stereocenters. The Labute approximate surface area is 153 Å². The summed E-state index contributed by atoms with van der Waals surface area (Å²) >= 11 is 0. The van der Waals surface area contributed by atoms with E-state index < -0.39 is 0 Å². The number of hydrogen-bond donors (Lipinski definition) is 1. The summed E-state index contributed by atoms with van der Waals surface area (Å²) in [5, 5.41) is 3.79. The second-order valence-corrected chi connectivity index (χ2v) is 7.39. The Morgan fingerprint density at radius 3 is 2.44 bits per heavy atom. The van der Waals surface area contributed by atoms with E-state index in [9.17, 15) is 4.79 Å². The highest BCUT2D eigenvalue weighted by Gasteiger charge is 2.26. The van der Waals surface area contributed by atoms with Crippen molar-refractivity contribution in [2.75, 3.05) is 0 Å². The van der Waals surface area contributed by atoms with Crippen molar-refractivity contribution in [3.8, 4) is 0 Å². The van der Waals surface area contributed by atoms with E-state index in [0.717, 1.165) is 5.57 Å². The molecule has 0 heterocycles. The maximum absolute atomic E-state index is 10.7. The minimum absolute atomic E-state index is 0.172. The van der Waals surface area contributed by atoms with Crippen LogP contribution in [-0.4, -0.2) is 12.1 Å². The zero-order valence-corrected chi connectivity index (χ0v) is 16.5. The lowest BCUT2D eigenvalue weighted by Crippen LogP contribution is -2.19. The van der Waals surface area contributed by atoms with Crippen LogP contribution in [-0.2, 0) is 4.79 Å². The molecule has 25 heavy (non-hydrogen) atoms. The van der Waals surface area contributed by atoms with E-state index >= 15 is 0 Å². The van der Waals surface area contributed by atoms with E-state index in [0.29, 0.717) is 0 Å². The van der Waals surface area contributed by atoms with Crippen molar-refractivity contribution in [2.24, 2.45) is 10.5 Å². The van der Waals surface area contributed by atoms with Gasteiger partial charge in [0, 0.05) is 13.1 Å². The summed E-state index contributed by atoms with van der Waals surface area (Å²) in [6.45, 7) is 12.5. The highest BCUT2D eigenvalue weighted by atomic mass is 16.2. The summed E-state index contributed by atoms with van der Waals surface area (Å²) < 4.78 is 0. The van der Waals surface area contributed by atoms with Crippen LogP contribution in [0, 0.1) is 5.41 Å². The Balaban J connectivity index is 2.68. The van der Waals surface area contributed by atoms with E-state index in [1.54, 1.807) is 6.21 Å². The summed E-state index contributed by atoms with van der Waals surface area (Å²) in [7, 11) is 0. The maximum atomic E-state index is 10.7. The summed E-state index contributed by atoms with van der Waals surface area (Å²) in [6.07, 6.45) is 17.9. The van der Waals surface area contributed by atoms with Crippen molar-refractivity contribution < 1.29 is 4.79 Å². The van der Waals surface area contributed by atoms with Crippen molar-refractivity contribution in [2.45, 2.75) is 60.8 Å². The van der Waals surface area contributed by atoms with Gasteiger partial charge in [-0.25, -0.2) is 5.43 Å². The lowest BCUT2D eigenvalue weighted by atomic mass is 9.72. The lowest BCUT2D eigenvalue weighted by molar-refractivity contribution is -0.118. The van der Waals surface area contributed by atoms with Gasteiger partial charge in [0.15, 0.2) is 0 Å².